The summed E-state index contributed by atoms with van der Waals surface area (Å²) in [6.07, 6.45) is 4.68. The lowest BCUT2D eigenvalue weighted by Crippen LogP contribution is -2.31. The van der Waals surface area contributed by atoms with Gasteiger partial charge in [-0.15, -0.1) is 0 Å². The molecule has 1 atom stereocenters. The quantitative estimate of drug-likeness (QED) is 0.822. The standard InChI is InChI=1S/C14H15Cl2NO2/c15-11-5-3-9(12(16)7-11)4-6-14(19)17-8-13(18)10-1-2-10/h3-7,10,13,18H,1-2,8H2,(H,17,19). The molecule has 0 bridgehead atoms. The van der Waals surface area contributed by atoms with Crippen LogP contribution in [0.1, 0.15) is 18.4 Å². The van der Waals surface area contributed by atoms with E-state index in [4.69, 9.17) is 23.2 Å². The van der Waals surface area contributed by atoms with Gasteiger partial charge in [0.05, 0.1) is 6.10 Å². The first-order valence-corrected chi connectivity index (χ1v) is 6.91. The van der Waals surface area contributed by atoms with E-state index in [0.29, 0.717) is 22.5 Å². The highest BCUT2D eigenvalue weighted by molar-refractivity contribution is 6.35. The number of carbonyl (C=O) groups excluding carboxylic acids is 1. The molecule has 0 saturated heterocycles. The number of hydrogen-bond donors (Lipinski definition) is 2. The zero-order chi connectivity index (χ0) is 13.8. The van der Waals surface area contributed by atoms with Gasteiger partial charge in [0.2, 0.25) is 5.91 Å². The van der Waals surface area contributed by atoms with Gasteiger partial charge in [-0.3, -0.25) is 4.79 Å². The van der Waals surface area contributed by atoms with E-state index in [9.17, 15) is 9.90 Å². The van der Waals surface area contributed by atoms with Gasteiger partial charge in [-0.2, -0.15) is 0 Å². The molecule has 0 heterocycles. The molecule has 1 aliphatic carbocycles. The lowest BCUT2D eigenvalue weighted by Gasteiger charge is -2.08. The molecule has 1 aromatic rings. The SMILES string of the molecule is O=C(C=Cc1ccc(Cl)cc1Cl)NCC(O)C1CC1. The Morgan fingerprint density at radius 3 is 2.84 bits per heavy atom. The molecule has 0 spiro atoms. The van der Waals surface area contributed by atoms with Crippen LogP contribution >= 0.6 is 23.2 Å². The van der Waals surface area contributed by atoms with Crippen LogP contribution in [0.15, 0.2) is 24.3 Å². The van der Waals surface area contributed by atoms with Gasteiger partial charge >= 0.3 is 0 Å². The molecule has 19 heavy (non-hydrogen) atoms. The Balaban J connectivity index is 1.85. The third kappa shape index (κ3) is 4.53. The Hall–Kier alpha value is -1.03. The van der Waals surface area contributed by atoms with E-state index in [-0.39, 0.29) is 5.91 Å². The largest absolute Gasteiger partial charge is 0.391 e. The highest BCUT2D eigenvalue weighted by atomic mass is 35.5. The monoisotopic (exact) mass is 299 g/mol. The van der Waals surface area contributed by atoms with Crippen LogP contribution in [0.2, 0.25) is 10.0 Å². The number of nitrogens with one attached hydrogen (secondary N) is 1. The summed E-state index contributed by atoms with van der Waals surface area (Å²) in [4.78, 5) is 11.6. The average molecular weight is 300 g/mol. The fourth-order valence-electron chi connectivity index (χ4n) is 1.71. The zero-order valence-electron chi connectivity index (χ0n) is 10.3. The van der Waals surface area contributed by atoms with Crippen molar-refractivity contribution < 1.29 is 9.90 Å². The highest BCUT2D eigenvalue weighted by Crippen LogP contribution is 2.32. The Bertz CT molecular complexity index is 498. The van der Waals surface area contributed by atoms with Crippen LogP contribution < -0.4 is 5.32 Å². The first-order chi connectivity index (χ1) is 9.06. The van der Waals surface area contributed by atoms with Crippen molar-refractivity contribution in [1.82, 2.24) is 5.32 Å². The second-order valence-corrected chi connectivity index (χ2v) is 5.49. The number of aliphatic hydroxyl groups is 1. The number of rotatable bonds is 5. The van der Waals surface area contributed by atoms with Crippen LogP contribution in [-0.4, -0.2) is 23.7 Å². The summed E-state index contributed by atoms with van der Waals surface area (Å²) in [6.45, 7) is 0.294. The van der Waals surface area contributed by atoms with Crippen LogP contribution in [0.5, 0.6) is 0 Å². The summed E-state index contributed by atoms with van der Waals surface area (Å²) in [5, 5.41) is 13.3. The summed E-state index contributed by atoms with van der Waals surface area (Å²) in [5.74, 6) is 0.112. The molecular weight excluding hydrogens is 285 g/mol. The van der Waals surface area contributed by atoms with Crippen molar-refractivity contribution >= 4 is 35.2 Å². The van der Waals surface area contributed by atoms with Crippen LogP contribution in [0.3, 0.4) is 0 Å². The molecule has 0 radical (unpaired) electrons. The minimum absolute atomic E-state index is 0.245. The number of hydrogen-bond acceptors (Lipinski definition) is 2. The number of benzene rings is 1. The van der Waals surface area contributed by atoms with E-state index in [0.717, 1.165) is 18.4 Å². The maximum atomic E-state index is 11.6. The molecule has 0 aromatic heterocycles. The summed E-state index contributed by atoms with van der Waals surface area (Å²) < 4.78 is 0. The van der Waals surface area contributed by atoms with Crippen molar-refractivity contribution in [2.75, 3.05) is 6.54 Å². The van der Waals surface area contributed by atoms with Gasteiger partial charge in [0.15, 0.2) is 0 Å². The molecule has 2 N–H and O–H groups in total. The van der Waals surface area contributed by atoms with Crippen molar-refractivity contribution in [3.05, 3.63) is 39.9 Å². The van der Waals surface area contributed by atoms with E-state index in [1.165, 1.54) is 6.08 Å². The third-order valence-corrected chi connectivity index (χ3v) is 3.59. The van der Waals surface area contributed by atoms with Crippen LogP contribution in [0, 0.1) is 5.92 Å². The Labute approximate surface area is 122 Å². The van der Waals surface area contributed by atoms with Gasteiger partial charge in [-0.1, -0.05) is 29.3 Å². The van der Waals surface area contributed by atoms with Gasteiger partial charge in [-0.05, 0) is 42.5 Å². The Morgan fingerprint density at radius 1 is 1.47 bits per heavy atom. The molecule has 1 aliphatic rings. The van der Waals surface area contributed by atoms with E-state index >= 15 is 0 Å². The summed E-state index contributed by atoms with van der Waals surface area (Å²) in [6, 6.07) is 5.08. The van der Waals surface area contributed by atoms with Gasteiger partial charge in [0.1, 0.15) is 0 Å². The second-order valence-electron chi connectivity index (χ2n) is 4.65. The molecule has 1 unspecified atom stereocenters. The summed E-state index contributed by atoms with van der Waals surface area (Å²) in [7, 11) is 0. The van der Waals surface area contributed by atoms with E-state index in [1.54, 1.807) is 24.3 Å². The fourth-order valence-corrected chi connectivity index (χ4v) is 2.19. The Kier molecular flexibility index (Phi) is 4.86. The topological polar surface area (TPSA) is 49.3 Å². The van der Waals surface area contributed by atoms with E-state index in [2.05, 4.69) is 5.32 Å². The molecule has 1 amide bonds. The van der Waals surface area contributed by atoms with Gasteiger partial charge < -0.3 is 10.4 Å². The third-order valence-electron chi connectivity index (χ3n) is 3.03. The molecule has 0 aliphatic heterocycles. The first kappa shape index (κ1) is 14.4. The van der Waals surface area contributed by atoms with Crippen LogP contribution in [-0.2, 0) is 4.79 Å². The van der Waals surface area contributed by atoms with Crippen molar-refractivity contribution in [1.29, 1.82) is 0 Å². The minimum atomic E-state index is -0.434. The summed E-state index contributed by atoms with van der Waals surface area (Å²) in [5.41, 5.74) is 0.726. The predicted molar refractivity (Wildman–Crippen MR) is 77.2 cm³/mol. The molecule has 1 aromatic carbocycles. The highest BCUT2D eigenvalue weighted by Gasteiger charge is 2.29. The molecule has 1 saturated carbocycles. The van der Waals surface area contributed by atoms with Crippen molar-refractivity contribution in [2.45, 2.75) is 18.9 Å². The minimum Gasteiger partial charge on any atom is -0.391 e. The van der Waals surface area contributed by atoms with Crippen LogP contribution in [0.25, 0.3) is 6.08 Å². The number of amides is 1. The number of aliphatic hydroxyl groups excluding tert-OH is 1. The summed E-state index contributed by atoms with van der Waals surface area (Å²) >= 11 is 11.8. The average Bonchev–Trinajstić information content (AvgIpc) is 3.19. The van der Waals surface area contributed by atoms with Gasteiger partial charge in [0, 0.05) is 22.7 Å². The molecule has 5 heteroatoms. The van der Waals surface area contributed by atoms with Crippen molar-refractivity contribution in [2.24, 2.45) is 5.92 Å². The molecule has 1 fully saturated rings. The van der Waals surface area contributed by atoms with Crippen LogP contribution in [0.4, 0.5) is 0 Å². The molecule has 102 valence electrons. The molecule has 2 rings (SSSR count). The van der Waals surface area contributed by atoms with Gasteiger partial charge in [0.25, 0.3) is 0 Å². The van der Waals surface area contributed by atoms with Crippen molar-refractivity contribution in [3.63, 3.8) is 0 Å². The van der Waals surface area contributed by atoms with Crippen molar-refractivity contribution in [3.8, 4) is 0 Å². The fraction of sp³-hybridized carbons (Fsp3) is 0.357. The predicted octanol–water partition coefficient (Wildman–Crippen LogP) is 2.89. The molecular formula is C14H15Cl2NO2. The smallest absolute Gasteiger partial charge is 0.244 e. The number of halogens is 2. The molecule has 3 nitrogen and oxygen atoms in total. The number of carbonyl (C=O) groups is 1. The second kappa shape index (κ2) is 6.42. The van der Waals surface area contributed by atoms with E-state index < -0.39 is 6.10 Å². The normalized spacial score (nSPS) is 16.6. The van der Waals surface area contributed by atoms with Gasteiger partial charge in [-0.25, -0.2) is 0 Å². The first-order valence-electron chi connectivity index (χ1n) is 6.15. The maximum absolute atomic E-state index is 11.6. The van der Waals surface area contributed by atoms with E-state index in [1.807, 2.05) is 0 Å². The lowest BCUT2D eigenvalue weighted by molar-refractivity contribution is -0.116. The lowest BCUT2D eigenvalue weighted by atomic mass is 10.2. The Morgan fingerprint density at radius 2 is 2.21 bits per heavy atom. The zero-order valence-corrected chi connectivity index (χ0v) is 11.8. The maximum Gasteiger partial charge on any atom is 0.244 e.